The van der Waals surface area contributed by atoms with Crippen molar-refractivity contribution < 1.29 is 4.79 Å². The maximum absolute atomic E-state index is 11.9. The molecule has 1 amide bonds. The Labute approximate surface area is 134 Å². The summed E-state index contributed by atoms with van der Waals surface area (Å²) in [6.07, 6.45) is 0. The number of benzene rings is 1. The molecule has 1 aliphatic rings. The Kier molecular flexibility index (Phi) is 5.98. The lowest BCUT2D eigenvalue weighted by Crippen LogP contribution is -2.48. The minimum absolute atomic E-state index is 0.0335. The van der Waals surface area contributed by atoms with Crippen molar-refractivity contribution in [3.63, 3.8) is 0 Å². The lowest BCUT2D eigenvalue weighted by atomic mass is 10.0. The van der Waals surface area contributed by atoms with Crippen LogP contribution in [-0.2, 0) is 4.79 Å². The third-order valence-corrected chi connectivity index (χ3v) is 4.43. The van der Waals surface area contributed by atoms with Gasteiger partial charge in [-0.25, -0.2) is 0 Å². The Balaban J connectivity index is 2.09. The van der Waals surface area contributed by atoms with E-state index >= 15 is 0 Å². The Morgan fingerprint density at radius 1 is 1.14 bits per heavy atom. The Morgan fingerprint density at radius 3 is 2.27 bits per heavy atom. The van der Waals surface area contributed by atoms with Crippen molar-refractivity contribution >= 4 is 5.91 Å². The first-order valence-corrected chi connectivity index (χ1v) is 8.24. The van der Waals surface area contributed by atoms with Crippen LogP contribution in [0.2, 0.25) is 0 Å². The van der Waals surface area contributed by atoms with E-state index in [1.807, 2.05) is 13.8 Å². The molecule has 1 fully saturated rings. The highest BCUT2D eigenvalue weighted by atomic mass is 16.1. The Bertz CT molecular complexity index is 476. The minimum Gasteiger partial charge on any atom is -0.354 e. The first-order valence-electron chi connectivity index (χ1n) is 8.24. The Morgan fingerprint density at radius 2 is 1.73 bits per heavy atom. The van der Waals surface area contributed by atoms with Crippen LogP contribution in [0.3, 0.4) is 0 Å². The molecule has 0 aromatic heterocycles. The quantitative estimate of drug-likeness (QED) is 0.904. The molecule has 1 heterocycles. The molecule has 1 aromatic carbocycles. The number of aryl methyl sites for hydroxylation is 1. The molecule has 1 atom stereocenters. The molecule has 122 valence electrons. The molecule has 4 heteroatoms. The van der Waals surface area contributed by atoms with Crippen LogP contribution in [0, 0.1) is 12.8 Å². The molecule has 0 saturated carbocycles. The van der Waals surface area contributed by atoms with Crippen molar-refractivity contribution in [3.05, 3.63) is 35.4 Å². The number of carbonyl (C=O) groups excluding carboxylic acids is 1. The predicted octanol–water partition coefficient (Wildman–Crippen LogP) is 2.06. The largest absolute Gasteiger partial charge is 0.354 e. The minimum atomic E-state index is 0.0335. The normalized spacial score (nSPS) is 18.4. The van der Waals surface area contributed by atoms with Gasteiger partial charge in [0.25, 0.3) is 0 Å². The van der Waals surface area contributed by atoms with Crippen LogP contribution in [0.5, 0.6) is 0 Å². The van der Waals surface area contributed by atoms with Gasteiger partial charge in [0.15, 0.2) is 0 Å². The van der Waals surface area contributed by atoms with Crippen LogP contribution in [0.25, 0.3) is 0 Å². The summed E-state index contributed by atoms with van der Waals surface area (Å²) in [5.41, 5.74) is 2.56. The highest BCUT2D eigenvalue weighted by Gasteiger charge is 2.24. The van der Waals surface area contributed by atoms with Crippen molar-refractivity contribution in [1.29, 1.82) is 0 Å². The van der Waals surface area contributed by atoms with Crippen LogP contribution >= 0.6 is 0 Å². The Hall–Kier alpha value is -1.39. The van der Waals surface area contributed by atoms with Crippen LogP contribution in [0.15, 0.2) is 24.3 Å². The lowest BCUT2D eigenvalue weighted by Gasteiger charge is -2.38. The maximum Gasteiger partial charge on any atom is 0.222 e. The topological polar surface area (TPSA) is 35.6 Å². The van der Waals surface area contributed by atoms with Gasteiger partial charge in [-0.15, -0.1) is 0 Å². The van der Waals surface area contributed by atoms with Gasteiger partial charge in [-0.3, -0.25) is 9.69 Å². The van der Waals surface area contributed by atoms with Crippen molar-refractivity contribution in [3.8, 4) is 0 Å². The smallest absolute Gasteiger partial charge is 0.222 e. The first kappa shape index (κ1) is 17.0. The zero-order valence-corrected chi connectivity index (χ0v) is 14.3. The van der Waals surface area contributed by atoms with E-state index in [1.165, 1.54) is 11.1 Å². The van der Waals surface area contributed by atoms with Gasteiger partial charge >= 0.3 is 0 Å². The summed E-state index contributed by atoms with van der Waals surface area (Å²) in [5.74, 6) is 0.164. The summed E-state index contributed by atoms with van der Waals surface area (Å²) >= 11 is 0. The van der Waals surface area contributed by atoms with E-state index < -0.39 is 0 Å². The highest BCUT2D eigenvalue weighted by molar-refractivity contribution is 5.77. The monoisotopic (exact) mass is 303 g/mol. The van der Waals surface area contributed by atoms with Crippen LogP contribution < -0.4 is 5.32 Å². The SMILES string of the molecule is Cc1ccc(C(CNC(=O)C(C)C)N2CCN(C)CC2)cc1. The van der Waals surface area contributed by atoms with E-state index in [0.29, 0.717) is 6.54 Å². The molecule has 4 nitrogen and oxygen atoms in total. The van der Waals surface area contributed by atoms with Crippen LogP contribution in [0.4, 0.5) is 0 Å². The van der Waals surface area contributed by atoms with Gasteiger partial charge in [0.1, 0.15) is 0 Å². The molecule has 2 rings (SSSR count). The van der Waals surface area contributed by atoms with E-state index in [9.17, 15) is 4.79 Å². The third-order valence-electron chi connectivity index (χ3n) is 4.43. The molecule has 1 N–H and O–H groups in total. The summed E-state index contributed by atoms with van der Waals surface area (Å²) in [6.45, 7) is 10.9. The zero-order valence-electron chi connectivity index (χ0n) is 14.3. The summed E-state index contributed by atoms with van der Waals surface area (Å²) < 4.78 is 0. The number of amides is 1. The highest BCUT2D eigenvalue weighted by Crippen LogP contribution is 2.22. The molecular weight excluding hydrogens is 274 g/mol. The first-order chi connectivity index (χ1) is 10.5. The fourth-order valence-electron chi connectivity index (χ4n) is 2.78. The number of hydrogen-bond donors (Lipinski definition) is 1. The number of likely N-dealkylation sites (N-methyl/N-ethyl adjacent to an activating group) is 1. The number of nitrogens with zero attached hydrogens (tertiary/aromatic N) is 2. The van der Waals surface area contributed by atoms with Gasteiger partial charge in [0.2, 0.25) is 5.91 Å². The lowest BCUT2D eigenvalue weighted by molar-refractivity contribution is -0.124. The number of rotatable bonds is 5. The second kappa shape index (κ2) is 7.75. The average Bonchev–Trinajstić information content (AvgIpc) is 2.50. The second-order valence-corrected chi connectivity index (χ2v) is 6.67. The van der Waals surface area contributed by atoms with E-state index in [1.54, 1.807) is 0 Å². The fourth-order valence-corrected chi connectivity index (χ4v) is 2.78. The molecule has 0 aliphatic carbocycles. The van der Waals surface area contributed by atoms with E-state index in [2.05, 4.69) is 53.4 Å². The third kappa shape index (κ3) is 4.55. The van der Waals surface area contributed by atoms with Gasteiger partial charge in [-0.2, -0.15) is 0 Å². The van der Waals surface area contributed by atoms with Gasteiger partial charge in [-0.1, -0.05) is 43.7 Å². The molecule has 0 spiro atoms. The van der Waals surface area contributed by atoms with Gasteiger partial charge < -0.3 is 10.2 Å². The van der Waals surface area contributed by atoms with E-state index in [0.717, 1.165) is 26.2 Å². The van der Waals surface area contributed by atoms with Gasteiger partial charge in [-0.05, 0) is 19.5 Å². The summed E-state index contributed by atoms with van der Waals surface area (Å²) in [7, 11) is 2.17. The summed E-state index contributed by atoms with van der Waals surface area (Å²) in [4.78, 5) is 16.8. The summed E-state index contributed by atoms with van der Waals surface area (Å²) in [5, 5.41) is 3.11. The molecular formula is C18H29N3O. The number of nitrogens with one attached hydrogen (secondary N) is 1. The maximum atomic E-state index is 11.9. The van der Waals surface area contributed by atoms with E-state index in [-0.39, 0.29) is 17.9 Å². The molecule has 0 bridgehead atoms. The van der Waals surface area contributed by atoms with Gasteiger partial charge in [0.05, 0.1) is 6.04 Å². The second-order valence-electron chi connectivity index (χ2n) is 6.67. The van der Waals surface area contributed by atoms with Crippen molar-refractivity contribution in [2.24, 2.45) is 5.92 Å². The molecule has 1 unspecified atom stereocenters. The molecule has 0 radical (unpaired) electrons. The number of hydrogen-bond acceptors (Lipinski definition) is 3. The van der Waals surface area contributed by atoms with Crippen molar-refractivity contribution in [2.75, 3.05) is 39.8 Å². The predicted molar refractivity (Wildman–Crippen MR) is 90.8 cm³/mol. The van der Waals surface area contributed by atoms with E-state index in [4.69, 9.17) is 0 Å². The molecule has 1 aromatic rings. The fraction of sp³-hybridized carbons (Fsp3) is 0.611. The van der Waals surface area contributed by atoms with Gasteiger partial charge in [0, 0.05) is 38.6 Å². The van der Waals surface area contributed by atoms with Crippen LogP contribution in [-0.4, -0.2) is 55.5 Å². The summed E-state index contributed by atoms with van der Waals surface area (Å²) in [6, 6.07) is 8.96. The standard InChI is InChI=1S/C18H29N3O/c1-14(2)18(22)19-13-17(16-7-5-15(3)6-8-16)21-11-9-20(4)10-12-21/h5-8,14,17H,9-13H2,1-4H3,(H,19,22). The zero-order chi connectivity index (χ0) is 16.1. The molecule has 1 aliphatic heterocycles. The number of piperazine rings is 1. The molecule has 22 heavy (non-hydrogen) atoms. The number of carbonyl (C=O) groups is 1. The molecule has 1 saturated heterocycles. The van der Waals surface area contributed by atoms with Crippen molar-refractivity contribution in [1.82, 2.24) is 15.1 Å². The van der Waals surface area contributed by atoms with Crippen LogP contribution in [0.1, 0.15) is 31.0 Å². The average molecular weight is 303 g/mol. The van der Waals surface area contributed by atoms with Crippen molar-refractivity contribution in [2.45, 2.75) is 26.8 Å².